The molecule has 0 aromatic carbocycles. The van der Waals surface area contributed by atoms with E-state index >= 15 is 0 Å². The molecule has 1 aromatic heterocycles. The molecule has 2 rings (SSSR count). The number of amides is 1. The van der Waals surface area contributed by atoms with E-state index in [9.17, 15) is 9.59 Å². The zero-order valence-corrected chi connectivity index (χ0v) is 11.6. The van der Waals surface area contributed by atoms with E-state index < -0.39 is 5.97 Å². The molecule has 1 aliphatic rings. The smallest absolute Gasteiger partial charge is 0.354 e. The molecule has 1 heterocycles. The molecule has 1 fully saturated rings. The number of nitrogens with zero attached hydrogens (tertiary/aromatic N) is 1. The van der Waals surface area contributed by atoms with Gasteiger partial charge in [0.25, 0.3) is 5.91 Å². The maximum absolute atomic E-state index is 12.2. The monoisotopic (exact) mass is 276 g/mol. The van der Waals surface area contributed by atoms with Gasteiger partial charge in [0.1, 0.15) is 11.4 Å². The number of aromatic carboxylic acids is 1. The highest BCUT2D eigenvalue weighted by atomic mass is 16.4. The Hall–Kier alpha value is -1.91. The molecule has 0 aliphatic heterocycles. The molecule has 1 aromatic rings. The Balaban J connectivity index is 2.07. The fourth-order valence-electron chi connectivity index (χ4n) is 2.63. The average molecular weight is 276 g/mol. The van der Waals surface area contributed by atoms with E-state index in [0.29, 0.717) is 5.92 Å². The maximum atomic E-state index is 12.2. The van der Waals surface area contributed by atoms with Crippen LogP contribution < -0.4 is 5.32 Å². The van der Waals surface area contributed by atoms with Gasteiger partial charge in [-0.25, -0.2) is 9.78 Å². The van der Waals surface area contributed by atoms with Crippen LogP contribution in [0.4, 0.5) is 0 Å². The standard InChI is InChI=1S/C15H20N2O3/c1-10-6-3-2-4-7-11(10)17-14(18)12-8-5-9-13(16-12)15(19)20/h5,8-11H,2-4,6-7H2,1H3,(H,17,18)(H,19,20). The fraction of sp³-hybridized carbons (Fsp3) is 0.533. The third kappa shape index (κ3) is 3.56. The van der Waals surface area contributed by atoms with E-state index in [2.05, 4.69) is 17.2 Å². The van der Waals surface area contributed by atoms with E-state index in [-0.39, 0.29) is 23.3 Å². The Bertz CT molecular complexity index is 502. The van der Waals surface area contributed by atoms with Crippen molar-refractivity contribution < 1.29 is 14.7 Å². The van der Waals surface area contributed by atoms with Crippen molar-refractivity contribution in [3.8, 4) is 0 Å². The lowest BCUT2D eigenvalue weighted by molar-refractivity contribution is 0.0690. The van der Waals surface area contributed by atoms with Gasteiger partial charge in [0, 0.05) is 6.04 Å². The highest BCUT2D eigenvalue weighted by Crippen LogP contribution is 2.23. The molecular formula is C15H20N2O3. The second-order valence-corrected chi connectivity index (χ2v) is 5.41. The first-order valence-electron chi connectivity index (χ1n) is 7.09. The van der Waals surface area contributed by atoms with E-state index in [4.69, 9.17) is 5.11 Å². The summed E-state index contributed by atoms with van der Waals surface area (Å²) in [6.45, 7) is 2.15. The average Bonchev–Trinajstić information content (AvgIpc) is 2.64. The second-order valence-electron chi connectivity index (χ2n) is 5.41. The van der Waals surface area contributed by atoms with Gasteiger partial charge in [-0.1, -0.05) is 32.3 Å². The third-order valence-corrected chi connectivity index (χ3v) is 3.88. The zero-order chi connectivity index (χ0) is 14.5. The maximum Gasteiger partial charge on any atom is 0.354 e. The number of carbonyl (C=O) groups excluding carboxylic acids is 1. The summed E-state index contributed by atoms with van der Waals surface area (Å²) in [6, 6.07) is 4.62. The van der Waals surface area contributed by atoms with Gasteiger partial charge >= 0.3 is 5.97 Å². The van der Waals surface area contributed by atoms with Crippen LogP contribution in [-0.4, -0.2) is 28.0 Å². The molecule has 0 spiro atoms. The third-order valence-electron chi connectivity index (χ3n) is 3.88. The number of aromatic nitrogens is 1. The number of rotatable bonds is 3. The van der Waals surface area contributed by atoms with Crippen molar-refractivity contribution in [1.82, 2.24) is 10.3 Å². The minimum Gasteiger partial charge on any atom is -0.477 e. The lowest BCUT2D eigenvalue weighted by atomic mass is 9.97. The van der Waals surface area contributed by atoms with Gasteiger partial charge in [0.2, 0.25) is 0 Å². The van der Waals surface area contributed by atoms with Crippen molar-refractivity contribution in [1.29, 1.82) is 0 Å². The number of carboxylic acid groups (broad SMARTS) is 1. The summed E-state index contributed by atoms with van der Waals surface area (Å²) < 4.78 is 0. The predicted octanol–water partition coefficient (Wildman–Crippen LogP) is 2.48. The molecule has 1 amide bonds. The Labute approximate surface area is 118 Å². The number of hydrogen-bond donors (Lipinski definition) is 2. The number of nitrogens with one attached hydrogen (secondary N) is 1. The molecule has 0 radical (unpaired) electrons. The molecule has 1 saturated carbocycles. The number of carboxylic acids is 1. The SMILES string of the molecule is CC1CCCCCC1NC(=O)c1cccc(C(=O)O)n1. The molecule has 20 heavy (non-hydrogen) atoms. The largest absolute Gasteiger partial charge is 0.477 e. The van der Waals surface area contributed by atoms with Gasteiger partial charge in [-0.05, 0) is 30.9 Å². The molecule has 2 unspecified atom stereocenters. The van der Waals surface area contributed by atoms with E-state index in [1.165, 1.54) is 18.9 Å². The molecule has 2 N–H and O–H groups in total. The fourth-order valence-corrected chi connectivity index (χ4v) is 2.63. The molecule has 1 aliphatic carbocycles. The first-order chi connectivity index (χ1) is 9.58. The number of pyridine rings is 1. The van der Waals surface area contributed by atoms with Crippen molar-refractivity contribution in [3.63, 3.8) is 0 Å². The van der Waals surface area contributed by atoms with Crippen LogP contribution in [0.3, 0.4) is 0 Å². The minimum absolute atomic E-state index is 0.105. The lowest BCUT2D eigenvalue weighted by Gasteiger charge is -2.22. The van der Waals surface area contributed by atoms with Crippen LogP contribution in [0.1, 0.15) is 60.0 Å². The van der Waals surface area contributed by atoms with Gasteiger partial charge in [0.15, 0.2) is 0 Å². The van der Waals surface area contributed by atoms with Crippen LogP contribution in [0, 0.1) is 5.92 Å². The van der Waals surface area contributed by atoms with Crippen LogP contribution in [-0.2, 0) is 0 Å². The number of carbonyl (C=O) groups is 2. The predicted molar refractivity (Wildman–Crippen MR) is 74.7 cm³/mol. The molecule has 5 heteroatoms. The van der Waals surface area contributed by atoms with Gasteiger partial charge in [-0.3, -0.25) is 4.79 Å². The first kappa shape index (κ1) is 14.5. The Morgan fingerprint density at radius 2 is 1.90 bits per heavy atom. The summed E-state index contributed by atoms with van der Waals surface area (Å²) in [5.41, 5.74) is 0.0629. The van der Waals surface area contributed by atoms with Crippen LogP contribution >= 0.6 is 0 Å². The van der Waals surface area contributed by atoms with E-state index in [1.807, 2.05) is 0 Å². The second kappa shape index (κ2) is 6.50. The molecule has 2 atom stereocenters. The Morgan fingerprint density at radius 3 is 2.65 bits per heavy atom. The van der Waals surface area contributed by atoms with E-state index in [1.54, 1.807) is 12.1 Å². The minimum atomic E-state index is -1.12. The molecule has 0 bridgehead atoms. The summed E-state index contributed by atoms with van der Waals surface area (Å²) in [6.07, 6.45) is 5.64. The molecule has 0 saturated heterocycles. The van der Waals surface area contributed by atoms with Crippen LogP contribution in [0.5, 0.6) is 0 Å². The van der Waals surface area contributed by atoms with Gasteiger partial charge in [-0.15, -0.1) is 0 Å². The van der Waals surface area contributed by atoms with E-state index in [0.717, 1.165) is 19.3 Å². The van der Waals surface area contributed by atoms with Crippen LogP contribution in [0.2, 0.25) is 0 Å². The van der Waals surface area contributed by atoms with Crippen molar-refractivity contribution in [2.45, 2.75) is 45.1 Å². The topological polar surface area (TPSA) is 79.3 Å². The van der Waals surface area contributed by atoms with Crippen molar-refractivity contribution >= 4 is 11.9 Å². The zero-order valence-electron chi connectivity index (χ0n) is 11.6. The Morgan fingerprint density at radius 1 is 1.20 bits per heavy atom. The summed E-state index contributed by atoms with van der Waals surface area (Å²) in [5.74, 6) is -0.960. The van der Waals surface area contributed by atoms with Crippen LogP contribution in [0.15, 0.2) is 18.2 Å². The van der Waals surface area contributed by atoms with Crippen molar-refractivity contribution in [2.75, 3.05) is 0 Å². The molecular weight excluding hydrogens is 256 g/mol. The van der Waals surface area contributed by atoms with Crippen LogP contribution in [0.25, 0.3) is 0 Å². The van der Waals surface area contributed by atoms with Crippen molar-refractivity contribution in [2.24, 2.45) is 5.92 Å². The van der Waals surface area contributed by atoms with Gasteiger partial charge in [0.05, 0.1) is 0 Å². The highest BCUT2D eigenvalue weighted by molar-refractivity contribution is 5.94. The molecule has 5 nitrogen and oxygen atoms in total. The first-order valence-corrected chi connectivity index (χ1v) is 7.09. The summed E-state index contributed by atoms with van der Waals surface area (Å²) in [5, 5.41) is 11.9. The Kier molecular flexibility index (Phi) is 4.71. The highest BCUT2D eigenvalue weighted by Gasteiger charge is 2.22. The lowest BCUT2D eigenvalue weighted by Crippen LogP contribution is -2.39. The summed E-state index contributed by atoms with van der Waals surface area (Å²) in [4.78, 5) is 26.9. The van der Waals surface area contributed by atoms with Gasteiger partial charge in [-0.2, -0.15) is 0 Å². The summed E-state index contributed by atoms with van der Waals surface area (Å²) >= 11 is 0. The number of hydrogen-bond acceptors (Lipinski definition) is 3. The summed E-state index contributed by atoms with van der Waals surface area (Å²) in [7, 11) is 0. The normalized spacial score (nSPS) is 22.9. The van der Waals surface area contributed by atoms with Crippen molar-refractivity contribution in [3.05, 3.63) is 29.6 Å². The molecule has 108 valence electrons. The van der Waals surface area contributed by atoms with Gasteiger partial charge < -0.3 is 10.4 Å². The quantitative estimate of drug-likeness (QED) is 0.831.